The molecule has 1 aliphatic heterocycles. The summed E-state index contributed by atoms with van der Waals surface area (Å²) in [7, 11) is 0. The van der Waals surface area contributed by atoms with Crippen LogP contribution in [-0.2, 0) is 0 Å². The monoisotopic (exact) mass is 376 g/mol. The molecule has 3 aromatic rings. The van der Waals surface area contributed by atoms with E-state index in [0.717, 1.165) is 27.7 Å². The Balaban J connectivity index is 0.00000169. The molecule has 122 valence electrons. The molecule has 0 bridgehead atoms. The Morgan fingerprint density at radius 2 is 1.79 bits per heavy atom. The normalized spacial score (nSPS) is 13.0. The maximum absolute atomic E-state index is 6.29. The van der Waals surface area contributed by atoms with Gasteiger partial charge in [0.1, 0.15) is 0 Å². The second kappa shape index (κ2) is 6.97. The maximum atomic E-state index is 6.29. The molecule has 0 saturated carbocycles. The number of benzene rings is 2. The number of hydrogen-bond donors (Lipinski definition) is 0. The van der Waals surface area contributed by atoms with E-state index < -0.39 is 0 Å². The van der Waals surface area contributed by atoms with Crippen molar-refractivity contribution < 1.29 is 0 Å². The zero-order valence-corrected chi connectivity index (χ0v) is 15.2. The number of rotatable bonds is 2. The van der Waals surface area contributed by atoms with Gasteiger partial charge in [-0.15, -0.1) is 22.6 Å². The minimum absolute atomic E-state index is 0. The van der Waals surface area contributed by atoms with Crippen molar-refractivity contribution in [1.82, 2.24) is 14.9 Å². The summed E-state index contributed by atoms with van der Waals surface area (Å²) in [5.74, 6) is 1.45. The van der Waals surface area contributed by atoms with Crippen LogP contribution in [0.5, 0.6) is 0 Å². The van der Waals surface area contributed by atoms with Gasteiger partial charge in [-0.05, 0) is 24.6 Å². The van der Waals surface area contributed by atoms with Crippen LogP contribution in [0.15, 0.2) is 58.8 Å². The van der Waals surface area contributed by atoms with Gasteiger partial charge in [-0.3, -0.25) is 0 Å². The molecule has 0 spiro atoms. The van der Waals surface area contributed by atoms with E-state index in [0.29, 0.717) is 10.8 Å². The summed E-state index contributed by atoms with van der Waals surface area (Å²) in [6.45, 7) is 2.08. The van der Waals surface area contributed by atoms with Crippen LogP contribution in [0.4, 0.5) is 0 Å². The van der Waals surface area contributed by atoms with Crippen molar-refractivity contribution in [2.24, 2.45) is 5.10 Å². The topological polar surface area (TPSA) is 43.1 Å². The van der Waals surface area contributed by atoms with Gasteiger partial charge < -0.3 is 0 Å². The molecule has 4 nitrogen and oxygen atoms in total. The van der Waals surface area contributed by atoms with E-state index in [4.69, 9.17) is 16.7 Å². The average molecular weight is 377 g/mol. The largest absolute Gasteiger partial charge is 0.212 e. The van der Waals surface area contributed by atoms with Crippen molar-refractivity contribution in [1.29, 1.82) is 0 Å². The molecule has 7 heteroatoms. The Morgan fingerprint density at radius 3 is 2.54 bits per heavy atom. The van der Waals surface area contributed by atoms with Crippen LogP contribution < -0.4 is 0 Å². The number of nitrogens with zero attached hydrogens (tertiary/aromatic N) is 4. The zero-order chi connectivity index (χ0) is 15.8. The third kappa shape index (κ3) is 3.07. The molecule has 2 aromatic carbocycles. The molecule has 0 aliphatic carbocycles. The van der Waals surface area contributed by atoms with E-state index in [-0.39, 0.29) is 12.4 Å². The molecule has 0 fully saturated rings. The van der Waals surface area contributed by atoms with Crippen LogP contribution in [0.1, 0.15) is 11.1 Å². The van der Waals surface area contributed by atoms with E-state index in [2.05, 4.69) is 41.4 Å². The summed E-state index contributed by atoms with van der Waals surface area (Å²) in [6, 6.07) is 16.0. The van der Waals surface area contributed by atoms with E-state index in [1.807, 2.05) is 24.3 Å². The fourth-order valence-electron chi connectivity index (χ4n) is 2.43. The van der Waals surface area contributed by atoms with Crippen molar-refractivity contribution in [2.75, 3.05) is 5.75 Å². The van der Waals surface area contributed by atoms with Gasteiger partial charge in [-0.25, -0.2) is 0 Å². The number of halogens is 2. The third-order valence-electron chi connectivity index (χ3n) is 3.67. The number of aryl methyl sites for hydroxylation is 1. The highest BCUT2D eigenvalue weighted by Crippen LogP contribution is 2.31. The summed E-state index contributed by atoms with van der Waals surface area (Å²) in [6.07, 6.45) is 0. The highest BCUT2D eigenvalue weighted by molar-refractivity contribution is 7.99. The van der Waals surface area contributed by atoms with Gasteiger partial charge in [0.15, 0.2) is 5.82 Å². The molecule has 0 N–H and O–H groups in total. The molecule has 0 atom stereocenters. The standard InChI is InChI=1S/C17H13ClN4S.ClH/c1-11-6-8-12(9-7-11)15-10-23-17-20-19-16(22(17)21-15)13-4-2-3-5-14(13)18;/h2-9H,10H2,1H3;1H. The Bertz CT molecular complexity index is 903. The predicted octanol–water partition coefficient (Wildman–Crippen LogP) is 4.69. The lowest BCUT2D eigenvalue weighted by Gasteiger charge is -2.14. The highest BCUT2D eigenvalue weighted by Gasteiger charge is 2.21. The van der Waals surface area contributed by atoms with Crippen LogP contribution in [0.3, 0.4) is 0 Å². The van der Waals surface area contributed by atoms with Gasteiger partial charge in [0.05, 0.1) is 10.7 Å². The quantitative estimate of drug-likeness (QED) is 0.651. The summed E-state index contributed by atoms with van der Waals surface area (Å²) >= 11 is 7.93. The van der Waals surface area contributed by atoms with Gasteiger partial charge in [0.25, 0.3) is 0 Å². The molecule has 2 heterocycles. The first kappa shape index (κ1) is 17.0. The molecule has 0 unspecified atom stereocenters. The molecular weight excluding hydrogens is 363 g/mol. The lowest BCUT2D eigenvalue weighted by Crippen LogP contribution is -2.13. The maximum Gasteiger partial charge on any atom is 0.212 e. The molecule has 1 aliphatic rings. The molecule has 4 rings (SSSR count). The van der Waals surface area contributed by atoms with Crippen LogP contribution in [-0.4, -0.2) is 26.3 Å². The van der Waals surface area contributed by atoms with Crippen LogP contribution in [0.2, 0.25) is 5.02 Å². The minimum atomic E-state index is 0. The zero-order valence-electron chi connectivity index (χ0n) is 12.8. The van der Waals surface area contributed by atoms with E-state index in [1.165, 1.54) is 5.56 Å². The minimum Gasteiger partial charge on any atom is -0.186 e. The second-order valence-electron chi connectivity index (χ2n) is 5.30. The number of aromatic nitrogens is 3. The first-order valence-electron chi connectivity index (χ1n) is 7.20. The molecular formula is C17H14Cl2N4S. The summed E-state index contributed by atoms with van der Waals surface area (Å²) in [5.41, 5.74) is 4.20. The smallest absolute Gasteiger partial charge is 0.186 e. The average Bonchev–Trinajstić information content (AvgIpc) is 2.99. The van der Waals surface area contributed by atoms with Crippen LogP contribution in [0, 0.1) is 6.92 Å². The highest BCUT2D eigenvalue weighted by atomic mass is 35.5. The summed E-state index contributed by atoms with van der Waals surface area (Å²) in [4.78, 5) is 0. The fourth-order valence-corrected chi connectivity index (χ4v) is 3.48. The number of fused-ring (bicyclic) bond motifs is 1. The van der Waals surface area contributed by atoms with Gasteiger partial charge in [-0.2, -0.15) is 9.78 Å². The lowest BCUT2D eigenvalue weighted by molar-refractivity contribution is 0.762. The van der Waals surface area contributed by atoms with Crippen molar-refractivity contribution >= 4 is 41.5 Å². The number of thioether (sulfide) groups is 1. The molecule has 1 aromatic heterocycles. The summed E-state index contributed by atoms with van der Waals surface area (Å²) in [5, 5.41) is 14.7. The van der Waals surface area contributed by atoms with Gasteiger partial charge in [-0.1, -0.05) is 65.3 Å². The Labute approximate surface area is 155 Å². The molecule has 24 heavy (non-hydrogen) atoms. The molecule has 0 amide bonds. The van der Waals surface area contributed by atoms with Crippen LogP contribution in [0.25, 0.3) is 11.4 Å². The fraction of sp³-hybridized carbons (Fsp3) is 0.118. The number of hydrogen-bond acceptors (Lipinski definition) is 4. The Hall–Kier alpha value is -1.82. The van der Waals surface area contributed by atoms with Crippen molar-refractivity contribution in [3.63, 3.8) is 0 Å². The van der Waals surface area contributed by atoms with Gasteiger partial charge in [0.2, 0.25) is 5.16 Å². The first-order chi connectivity index (χ1) is 11.2. The first-order valence-corrected chi connectivity index (χ1v) is 8.57. The lowest BCUT2D eigenvalue weighted by atomic mass is 10.1. The van der Waals surface area contributed by atoms with Crippen molar-refractivity contribution in [3.05, 3.63) is 64.7 Å². The summed E-state index contributed by atoms with van der Waals surface area (Å²) < 4.78 is 1.78. The Kier molecular flexibility index (Phi) is 4.94. The predicted molar refractivity (Wildman–Crippen MR) is 102 cm³/mol. The SMILES string of the molecule is Cc1ccc(C2=Nn3c(nnc3-c3ccccc3Cl)SC2)cc1.Cl. The second-order valence-corrected chi connectivity index (χ2v) is 6.65. The third-order valence-corrected chi connectivity index (χ3v) is 4.93. The van der Waals surface area contributed by atoms with E-state index in [9.17, 15) is 0 Å². The van der Waals surface area contributed by atoms with E-state index in [1.54, 1.807) is 16.4 Å². The van der Waals surface area contributed by atoms with Crippen molar-refractivity contribution in [2.45, 2.75) is 12.1 Å². The van der Waals surface area contributed by atoms with Gasteiger partial charge in [0, 0.05) is 11.3 Å². The van der Waals surface area contributed by atoms with Gasteiger partial charge >= 0.3 is 0 Å². The van der Waals surface area contributed by atoms with Crippen LogP contribution >= 0.6 is 35.8 Å². The molecule has 0 saturated heterocycles. The Morgan fingerprint density at radius 1 is 1.04 bits per heavy atom. The molecule has 0 radical (unpaired) electrons. The van der Waals surface area contributed by atoms with Crippen molar-refractivity contribution in [3.8, 4) is 11.4 Å². The van der Waals surface area contributed by atoms with E-state index >= 15 is 0 Å².